The van der Waals surface area contributed by atoms with Crippen molar-refractivity contribution >= 4 is 15.9 Å². The topological polar surface area (TPSA) is 100 Å². The SMILES string of the molecule is C[C@@H]1CN([C@H](C)CO)S(=O)(=O)c2ccc(-c3cccnc3)cc2O[C@@H]1CN(C)C(=O)CC1CC1. The summed E-state index contributed by atoms with van der Waals surface area (Å²) in [7, 11) is -2.13. The van der Waals surface area contributed by atoms with Crippen LogP contribution in [0.4, 0.5) is 0 Å². The molecule has 1 N–H and O–H groups in total. The third-order valence-electron chi connectivity index (χ3n) is 6.70. The lowest BCUT2D eigenvalue weighted by Crippen LogP contribution is -2.50. The summed E-state index contributed by atoms with van der Waals surface area (Å²) >= 11 is 0. The van der Waals surface area contributed by atoms with E-state index in [9.17, 15) is 18.3 Å². The summed E-state index contributed by atoms with van der Waals surface area (Å²) in [6, 6.07) is 8.15. The third-order valence-corrected chi connectivity index (χ3v) is 8.72. The molecule has 2 aromatic rings. The van der Waals surface area contributed by atoms with Gasteiger partial charge in [-0.3, -0.25) is 9.78 Å². The van der Waals surface area contributed by atoms with Crippen LogP contribution >= 0.6 is 0 Å². The molecule has 2 aliphatic rings. The zero-order chi connectivity index (χ0) is 24.5. The lowest BCUT2D eigenvalue weighted by Gasteiger charge is -2.37. The Labute approximate surface area is 201 Å². The Morgan fingerprint density at radius 1 is 1.29 bits per heavy atom. The molecule has 3 atom stereocenters. The van der Waals surface area contributed by atoms with Crippen molar-refractivity contribution in [2.24, 2.45) is 11.8 Å². The summed E-state index contributed by atoms with van der Waals surface area (Å²) in [5.74, 6) is 0.601. The molecule has 8 nitrogen and oxygen atoms in total. The zero-order valence-corrected chi connectivity index (χ0v) is 20.7. The zero-order valence-electron chi connectivity index (χ0n) is 19.9. The molecule has 9 heteroatoms. The van der Waals surface area contributed by atoms with E-state index in [1.54, 1.807) is 49.5 Å². The number of rotatable bonds is 7. The van der Waals surface area contributed by atoms with Crippen molar-refractivity contribution in [2.75, 3.05) is 26.7 Å². The fraction of sp³-hybridized carbons (Fsp3) is 0.520. The number of amides is 1. The number of benzene rings is 1. The van der Waals surface area contributed by atoms with E-state index >= 15 is 0 Å². The predicted molar refractivity (Wildman–Crippen MR) is 129 cm³/mol. The van der Waals surface area contributed by atoms with Crippen molar-refractivity contribution in [3.8, 4) is 16.9 Å². The third kappa shape index (κ3) is 5.26. The number of pyridine rings is 1. The molecule has 0 unspecified atom stereocenters. The summed E-state index contributed by atoms with van der Waals surface area (Å²) in [4.78, 5) is 18.6. The van der Waals surface area contributed by atoms with Crippen molar-refractivity contribution in [2.45, 2.75) is 50.2 Å². The molecule has 0 spiro atoms. The van der Waals surface area contributed by atoms with Gasteiger partial charge in [0, 0.05) is 49.9 Å². The second-order valence-corrected chi connectivity index (χ2v) is 11.4. The van der Waals surface area contributed by atoms with E-state index in [0.29, 0.717) is 18.9 Å². The van der Waals surface area contributed by atoms with E-state index in [4.69, 9.17) is 4.74 Å². The Balaban J connectivity index is 1.72. The molecule has 1 aromatic carbocycles. The molecular weight excluding hydrogens is 454 g/mol. The normalized spacial score (nSPS) is 23.2. The number of sulfonamides is 1. The minimum Gasteiger partial charge on any atom is -0.487 e. The van der Waals surface area contributed by atoms with E-state index in [1.807, 2.05) is 19.1 Å². The van der Waals surface area contributed by atoms with E-state index < -0.39 is 22.2 Å². The van der Waals surface area contributed by atoms with Gasteiger partial charge in [-0.25, -0.2) is 8.42 Å². The van der Waals surface area contributed by atoms with Crippen molar-refractivity contribution < 1.29 is 23.1 Å². The van der Waals surface area contributed by atoms with Crippen molar-refractivity contribution in [3.63, 3.8) is 0 Å². The minimum absolute atomic E-state index is 0.0595. The molecule has 184 valence electrons. The highest BCUT2D eigenvalue weighted by Crippen LogP contribution is 2.37. The first kappa shape index (κ1) is 24.6. The number of hydrogen-bond acceptors (Lipinski definition) is 6. The molecular formula is C25H33N3O5S. The molecule has 34 heavy (non-hydrogen) atoms. The number of hydrogen-bond donors (Lipinski definition) is 1. The maximum Gasteiger partial charge on any atom is 0.247 e. The van der Waals surface area contributed by atoms with E-state index in [-0.39, 0.29) is 35.6 Å². The van der Waals surface area contributed by atoms with Crippen LogP contribution in [0.25, 0.3) is 11.1 Å². The van der Waals surface area contributed by atoms with Crippen LogP contribution in [-0.4, -0.2) is 72.5 Å². The van der Waals surface area contributed by atoms with Gasteiger partial charge in [-0.15, -0.1) is 0 Å². The number of aliphatic hydroxyl groups is 1. The lowest BCUT2D eigenvalue weighted by atomic mass is 10.0. The van der Waals surface area contributed by atoms with Crippen LogP contribution in [0.3, 0.4) is 0 Å². The second-order valence-electron chi connectivity index (χ2n) is 9.56. The van der Waals surface area contributed by atoms with Crippen LogP contribution < -0.4 is 4.74 Å². The molecule has 1 saturated carbocycles. The van der Waals surface area contributed by atoms with E-state index in [2.05, 4.69) is 4.98 Å². The van der Waals surface area contributed by atoms with Gasteiger partial charge in [0.1, 0.15) is 16.7 Å². The maximum atomic E-state index is 13.6. The van der Waals surface area contributed by atoms with Gasteiger partial charge >= 0.3 is 0 Å². The second kappa shape index (κ2) is 10.0. The smallest absolute Gasteiger partial charge is 0.247 e. The summed E-state index contributed by atoms with van der Waals surface area (Å²) in [5.41, 5.74) is 1.63. The number of carbonyl (C=O) groups excluding carboxylic acids is 1. The van der Waals surface area contributed by atoms with E-state index in [1.165, 1.54) is 4.31 Å². The van der Waals surface area contributed by atoms with Crippen molar-refractivity contribution in [1.29, 1.82) is 0 Å². The molecule has 1 amide bonds. The fourth-order valence-corrected chi connectivity index (χ4v) is 6.08. The molecule has 0 bridgehead atoms. The highest BCUT2D eigenvalue weighted by atomic mass is 32.2. The van der Waals surface area contributed by atoms with Gasteiger partial charge in [-0.2, -0.15) is 4.31 Å². The number of carbonyl (C=O) groups is 1. The summed E-state index contributed by atoms with van der Waals surface area (Å²) < 4.78 is 34.9. The van der Waals surface area contributed by atoms with Gasteiger partial charge in [0.25, 0.3) is 0 Å². The monoisotopic (exact) mass is 487 g/mol. The average Bonchev–Trinajstić information content (AvgIpc) is 3.65. The summed E-state index contributed by atoms with van der Waals surface area (Å²) in [6.45, 7) is 3.86. The van der Waals surface area contributed by atoms with Crippen LogP contribution in [0, 0.1) is 11.8 Å². The maximum absolute atomic E-state index is 13.6. The van der Waals surface area contributed by atoms with Gasteiger partial charge in [-0.1, -0.05) is 19.1 Å². The molecule has 1 aromatic heterocycles. The Morgan fingerprint density at radius 2 is 2.06 bits per heavy atom. The highest BCUT2D eigenvalue weighted by molar-refractivity contribution is 7.89. The Kier molecular flexibility index (Phi) is 7.25. The molecule has 1 aliphatic heterocycles. The van der Waals surface area contributed by atoms with Gasteiger partial charge in [0.15, 0.2) is 0 Å². The van der Waals surface area contributed by atoms with Gasteiger partial charge in [0.05, 0.1) is 13.2 Å². The van der Waals surface area contributed by atoms with Crippen LogP contribution in [-0.2, 0) is 14.8 Å². The lowest BCUT2D eigenvalue weighted by molar-refractivity contribution is -0.131. The largest absolute Gasteiger partial charge is 0.487 e. The number of fused-ring (bicyclic) bond motifs is 1. The first-order chi connectivity index (χ1) is 16.2. The molecule has 1 fully saturated rings. The Morgan fingerprint density at radius 3 is 2.71 bits per heavy atom. The van der Waals surface area contributed by atoms with Gasteiger partial charge < -0.3 is 14.7 Å². The molecule has 0 saturated heterocycles. The number of aliphatic hydroxyl groups excluding tert-OH is 1. The Bertz CT molecular complexity index is 1120. The highest BCUT2D eigenvalue weighted by Gasteiger charge is 2.38. The van der Waals surface area contributed by atoms with Gasteiger partial charge in [-0.05, 0) is 49.4 Å². The molecule has 1 aliphatic carbocycles. The van der Waals surface area contributed by atoms with Crippen LogP contribution in [0.15, 0.2) is 47.6 Å². The minimum atomic E-state index is -3.91. The number of aromatic nitrogens is 1. The molecule has 4 rings (SSSR count). The number of ether oxygens (including phenoxy) is 1. The van der Waals surface area contributed by atoms with Crippen molar-refractivity contribution in [3.05, 3.63) is 42.7 Å². The first-order valence-corrected chi connectivity index (χ1v) is 13.2. The van der Waals surface area contributed by atoms with Crippen LogP contribution in [0.1, 0.15) is 33.1 Å². The first-order valence-electron chi connectivity index (χ1n) is 11.8. The van der Waals surface area contributed by atoms with E-state index in [0.717, 1.165) is 24.0 Å². The number of likely N-dealkylation sites (N-methyl/N-ethyl adjacent to an activating group) is 1. The number of nitrogens with zero attached hydrogens (tertiary/aromatic N) is 3. The van der Waals surface area contributed by atoms with Crippen molar-refractivity contribution in [1.82, 2.24) is 14.2 Å². The van der Waals surface area contributed by atoms with Gasteiger partial charge in [0.2, 0.25) is 15.9 Å². The summed E-state index contributed by atoms with van der Waals surface area (Å²) in [6.07, 6.45) is 5.72. The molecule has 2 heterocycles. The predicted octanol–water partition coefficient (Wildman–Crippen LogP) is 2.78. The fourth-order valence-electron chi connectivity index (χ4n) is 4.25. The standard InChI is InChI=1S/C25H33N3O5S/c1-17-14-28(18(2)16-29)34(31,32)24-9-8-20(21-5-4-10-26-13-21)12-22(24)33-23(17)15-27(3)25(30)11-19-6-7-19/h4-5,8-10,12-13,17-19,23,29H,6-7,11,14-16H2,1-3H3/t17-,18-,23-/m1/s1. The Hall–Kier alpha value is -2.49. The quantitative estimate of drug-likeness (QED) is 0.645. The van der Waals surface area contributed by atoms with Crippen LogP contribution in [0.2, 0.25) is 0 Å². The summed E-state index contributed by atoms with van der Waals surface area (Å²) in [5, 5.41) is 9.79. The van der Waals surface area contributed by atoms with Crippen LogP contribution in [0.5, 0.6) is 5.75 Å². The molecule has 0 radical (unpaired) electrons. The average molecular weight is 488 g/mol.